The summed E-state index contributed by atoms with van der Waals surface area (Å²) in [6.45, 7) is 2.50. The minimum atomic E-state index is -2.87. The second kappa shape index (κ2) is 6.87. The fourth-order valence-electron chi connectivity index (χ4n) is 1.51. The van der Waals surface area contributed by atoms with Gasteiger partial charge in [0.25, 0.3) is 0 Å². The molecule has 0 aliphatic rings. The number of halogens is 2. The Morgan fingerprint density at radius 3 is 2.58 bits per heavy atom. The van der Waals surface area contributed by atoms with Crippen LogP contribution in [0.5, 0.6) is 5.75 Å². The van der Waals surface area contributed by atoms with Crippen molar-refractivity contribution in [3.63, 3.8) is 0 Å². The molecule has 0 amide bonds. The molecule has 1 aromatic rings. The zero-order chi connectivity index (χ0) is 14.4. The Balaban J connectivity index is 3.01. The Bertz CT molecular complexity index is 481. The molecule has 104 valence electrons. The molecule has 3 nitrogen and oxygen atoms in total. The zero-order valence-corrected chi connectivity index (χ0v) is 11.1. The van der Waals surface area contributed by atoms with E-state index in [0.29, 0.717) is 16.7 Å². The highest BCUT2D eigenvalue weighted by atomic mass is 19.3. The predicted octanol–water partition coefficient (Wildman–Crippen LogP) is 3.64. The quantitative estimate of drug-likeness (QED) is 0.605. The van der Waals surface area contributed by atoms with Gasteiger partial charge in [-0.05, 0) is 44.0 Å². The fourth-order valence-corrected chi connectivity index (χ4v) is 1.51. The number of esters is 1. The molecule has 0 bridgehead atoms. The molecule has 0 unspecified atom stereocenters. The SMILES string of the molecule is CCOC(=O)/C(C)=C(/C)c1cccc(OC(F)F)c1. The monoisotopic (exact) mass is 270 g/mol. The van der Waals surface area contributed by atoms with Crippen LogP contribution in [0.15, 0.2) is 29.8 Å². The standard InChI is InChI=1S/C14H16F2O3/c1-4-18-13(17)10(3)9(2)11-6-5-7-12(8-11)19-14(15)16/h5-8,14H,4H2,1-3H3/b10-9-. The summed E-state index contributed by atoms with van der Waals surface area (Å²) in [4.78, 5) is 11.6. The maximum Gasteiger partial charge on any atom is 0.387 e. The maximum atomic E-state index is 12.1. The maximum absolute atomic E-state index is 12.1. The van der Waals surface area contributed by atoms with Crippen molar-refractivity contribution in [2.45, 2.75) is 27.4 Å². The van der Waals surface area contributed by atoms with Crippen LogP contribution in [-0.4, -0.2) is 19.2 Å². The normalized spacial score (nSPS) is 12.1. The number of carbonyl (C=O) groups is 1. The molecule has 0 spiro atoms. The van der Waals surface area contributed by atoms with Crippen molar-refractivity contribution in [1.29, 1.82) is 0 Å². The van der Waals surface area contributed by atoms with Gasteiger partial charge < -0.3 is 9.47 Å². The van der Waals surface area contributed by atoms with Crippen LogP contribution in [0, 0.1) is 0 Å². The topological polar surface area (TPSA) is 35.5 Å². The fraction of sp³-hybridized carbons (Fsp3) is 0.357. The number of ether oxygens (including phenoxy) is 2. The Labute approximate surface area is 110 Å². The van der Waals surface area contributed by atoms with E-state index < -0.39 is 12.6 Å². The van der Waals surface area contributed by atoms with Crippen LogP contribution in [0.4, 0.5) is 8.78 Å². The molecule has 0 radical (unpaired) electrons. The molecular formula is C14H16F2O3. The van der Waals surface area contributed by atoms with Crippen molar-refractivity contribution in [2.24, 2.45) is 0 Å². The van der Waals surface area contributed by atoms with Crippen molar-refractivity contribution < 1.29 is 23.0 Å². The van der Waals surface area contributed by atoms with E-state index in [2.05, 4.69) is 4.74 Å². The molecule has 0 saturated heterocycles. The van der Waals surface area contributed by atoms with Crippen molar-refractivity contribution in [3.8, 4) is 5.75 Å². The van der Waals surface area contributed by atoms with Crippen LogP contribution >= 0.6 is 0 Å². The summed E-state index contributed by atoms with van der Waals surface area (Å²) >= 11 is 0. The molecule has 5 heteroatoms. The highest BCUT2D eigenvalue weighted by Crippen LogP contribution is 2.24. The lowest BCUT2D eigenvalue weighted by atomic mass is 10.0. The average molecular weight is 270 g/mol. The highest BCUT2D eigenvalue weighted by molar-refractivity contribution is 5.96. The number of hydrogen-bond acceptors (Lipinski definition) is 3. The second-order valence-electron chi connectivity index (χ2n) is 3.88. The smallest absolute Gasteiger partial charge is 0.387 e. The van der Waals surface area contributed by atoms with Crippen LogP contribution in [0.2, 0.25) is 0 Å². The lowest BCUT2D eigenvalue weighted by Gasteiger charge is -2.10. The number of hydrogen-bond donors (Lipinski definition) is 0. The van der Waals surface area contributed by atoms with Gasteiger partial charge in [0.1, 0.15) is 5.75 Å². The van der Waals surface area contributed by atoms with E-state index in [-0.39, 0.29) is 12.4 Å². The Hall–Kier alpha value is -1.91. The number of allylic oxidation sites excluding steroid dienone is 1. The van der Waals surface area contributed by atoms with Gasteiger partial charge in [0, 0.05) is 5.57 Å². The van der Waals surface area contributed by atoms with Crippen molar-refractivity contribution in [2.75, 3.05) is 6.61 Å². The molecule has 0 N–H and O–H groups in total. The van der Waals surface area contributed by atoms with E-state index in [1.54, 1.807) is 32.9 Å². The Morgan fingerprint density at radius 1 is 1.32 bits per heavy atom. The van der Waals surface area contributed by atoms with Gasteiger partial charge in [-0.2, -0.15) is 8.78 Å². The van der Waals surface area contributed by atoms with Crippen LogP contribution in [0.3, 0.4) is 0 Å². The van der Waals surface area contributed by atoms with E-state index in [4.69, 9.17) is 4.74 Å². The molecule has 0 fully saturated rings. The summed E-state index contributed by atoms with van der Waals surface area (Å²) in [5, 5.41) is 0. The minimum Gasteiger partial charge on any atom is -0.463 e. The van der Waals surface area contributed by atoms with E-state index in [0.717, 1.165) is 0 Å². The molecule has 1 rings (SSSR count). The molecular weight excluding hydrogens is 254 g/mol. The number of alkyl halides is 2. The first kappa shape index (κ1) is 15.1. The zero-order valence-electron chi connectivity index (χ0n) is 11.1. The van der Waals surface area contributed by atoms with Gasteiger partial charge >= 0.3 is 12.6 Å². The van der Waals surface area contributed by atoms with E-state index in [1.165, 1.54) is 12.1 Å². The Kier molecular flexibility index (Phi) is 5.48. The third-order valence-electron chi connectivity index (χ3n) is 2.64. The molecule has 0 atom stereocenters. The van der Waals surface area contributed by atoms with Crippen LogP contribution in [-0.2, 0) is 9.53 Å². The molecule has 0 saturated carbocycles. The van der Waals surface area contributed by atoms with E-state index >= 15 is 0 Å². The van der Waals surface area contributed by atoms with Crippen molar-refractivity contribution >= 4 is 11.5 Å². The van der Waals surface area contributed by atoms with Gasteiger partial charge in [-0.15, -0.1) is 0 Å². The average Bonchev–Trinajstić information content (AvgIpc) is 2.36. The minimum absolute atomic E-state index is 0.0588. The van der Waals surface area contributed by atoms with Crippen LogP contribution in [0.25, 0.3) is 5.57 Å². The molecule has 0 aliphatic carbocycles. The molecule has 0 aliphatic heterocycles. The highest BCUT2D eigenvalue weighted by Gasteiger charge is 2.11. The second-order valence-corrected chi connectivity index (χ2v) is 3.88. The van der Waals surface area contributed by atoms with Crippen LogP contribution < -0.4 is 4.74 Å². The summed E-state index contributed by atoms with van der Waals surface area (Å²) in [7, 11) is 0. The molecule has 0 heterocycles. The third kappa shape index (κ3) is 4.35. The number of benzene rings is 1. The summed E-state index contributed by atoms with van der Waals surface area (Å²) in [6.07, 6.45) is 0. The van der Waals surface area contributed by atoms with Gasteiger partial charge in [-0.25, -0.2) is 4.79 Å². The molecule has 0 aromatic heterocycles. The first-order valence-corrected chi connectivity index (χ1v) is 5.85. The predicted molar refractivity (Wildman–Crippen MR) is 68.0 cm³/mol. The van der Waals surface area contributed by atoms with E-state index in [9.17, 15) is 13.6 Å². The Morgan fingerprint density at radius 2 is 2.00 bits per heavy atom. The van der Waals surface area contributed by atoms with Crippen molar-refractivity contribution in [3.05, 3.63) is 35.4 Å². The largest absolute Gasteiger partial charge is 0.463 e. The molecule has 1 aromatic carbocycles. The summed E-state index contributed by atoms with van der Waals surface area (Å²) in [6, 6.07) is 6.21. The van der Waals surface area contributed by atoms with Gasteiger partial charge in [0.2, 0.25) is 0 Å². The lowest BCUT2D eigenvalue weighted by Crippen LogP contribution is -2.07. The first-order valence-electron chi connectivity index (χ1n) is 5.85. The number of carbonyl (C=O) groups excluding carboxylic acids is 1. The van der Waals surface area contributed by atoms with Gasteiger partial charge in [0.05, 0.1) is 6.61 Å². The van der Waals surface area contributed by atoms with Gasteiger partial charge in [-0.1, -0.05) is 12.1 Å². The van der Waals surface area contributed by atoms with Gasteiger partial charge in [-0.3, -0.25) is 0 Å². The van der Waals surface area contributed by atoms with Crippen molar-refractivity contribution in [1.82, 2.24) is 0 Å². The van der Waals surface area contributed by atoms with E-state index in [1.807, 2.05) is 0 Å². The third-order valence-corrected chi connectivity index (χ3v) is 2.64. The summed E-state index contributed by atoms with van der Waals surface area (Å²) < 4.78 is 33.5. The summed E-state index contributed by atoms with van der Waals surface area (Å²) in [5.74, 6) is -0.358. The summed E-state index contributed by atoms with van der Waals surface area (Å²) in [5.41, 5.74) is 1.75. The number of rotatable bonds is 5. The lowest BCUT2D eigenvalue weighted by molar-refractivity contribution is -0.138. The van der Waals surface area contributed by atoms with Gasteiger partial charge in [0.15, 0.2) is 0 Å². The first-order chi connectivity index (χ1) is 8.95. The molecule has 19 heavy (non-hydrogen) atoms. The van der Waals surface area contributed by atoms with Crippen LogP contribution in [0.1, 0.15) is 26.3 Å².